The third-order valence-electron chi connectivity index (χ3n) is 2.90. The predicted octanol–water partition coefficient (Wildman–Crippen LogP) is 3.33. The summed E-state index contributed by atoms with van der Waals surface area (Å²) < 4.78 is 6.44. The van der Waals surface area contributed by atoms with Gasteiger partial charge in [0, 0.05) is 4.75 Å². The lowest BCUT2D eigenvalue weighted by Crippen LogP contribution is -2.31. The van der Waals surface area contributed by atoms with Gasteiger partial charge in [-0.15, -0.1) is 10.3 Å². The summed E-state index contributed by atoms with van der Waals surface area (Å²) >= 11 is 0. The van der Waals surface area contributed by atoms with E-state index in [1.807, 2.05) is 0 Å². The van der Waals surface area contributed by atoms with Crippen LogP contribution in [0, 0.1) is 0 Å². The van der Waals surface area contributed by atoms with E-state index < -0.39 is 10.3 Å². The van der Waals surface area contributed by atoms with E-state index in [0.717, 1.165) is 0 Å². The van der Waals surface area contributed by atoms with Gasteiger partial charge in [-0.05, 0) is 31.8 Å². The number of rotatable bonds is 2. The van der Waals surface area contributed by atoms with Gasteiger partial charge < -0.3 is 4.18 Å². The molecule has 12 heavy (non-hydrogen) atoms. The molecule has 0 radical (unpaired) electrons. The molecular formula is C10H22OS. The van der Waals surface area contributed by atoms with Crippen molar-refractivity contribution in [2.45, 2.75) is 50.9 Å². The zero-order chi connectivity index (χ0) is 9.41. The maximum atomic E-state index is 6.12. The van der Waals surface area contributed by atoms with E-state index in [0.29, 0.717) is 10.9 Å². The molecule has 0 unspecified atom stereocenters. The van der Waals surface area contributed by atoms with Gasteiger partial charge >= 0.3 is 0 Å². The second-order valence-corrected chi connectivity index (χ2v) is 8.88. The summed E-state index contributed by atoms with van der Waals surface area (Å²) in [7, 11) is -0.858. The minimum Gasteiger partial charge on any atom is -0.333 e. The van der Waals surface area contributed by atoms with Gasteiger partial charge in [-0.1, -0.05) is 20.8 Å². The molecule has 74 valence electrons. The Labute approximate surface area is 78.4 Å². The first-order valence-corrected chi connectivity index (χ1v) is 7.11. The molecule has 0 N–H and O–H groups in total. The Morgan fingerprint density at radius 3 is 1.92 bits per heavy atom. The Bertz CT molecular complexity index is 154. The lowest BCUT2D eigenvalue weighted by molar-refractivity contribution is 0.137. The van der Waals surface area contributed by atoms with Crippen molar-refractivity contribution in [1.29, 1.82) is 0 Å². The summed E-state index contributed by atoms with van der Waals surface area (Å²) in [6.45, 7) is 6.84. The predicted molar refractivity (Wildman–Crippen MR) is 57.9 cm³/mol. The average molecular weight is 190 g/mol. The summed E-state index contributed by atoms with van der Waals surface area (Å²) in [4.78, 5) is 0. The van der Waals surface area contributed by atoms with Gasteiger partial charge in [-0.2, -0.15) is 0 Å². The molecule has 1 saturated carbocycles. The first-order chi connectivity index (χ1) is 5.33. The standard InChI is InChI=1S/C10H22OS/c1-10(2,3)12(4,5)11-9-7-6-8-9/h9H,6-8H2,1-5H3. The third kappa shape index (κ3) is 2.17. The lowest BCUT2D eigenvalue weighted by Gasteiger charge is -2.47. The number of hydrogen-bond acceptors (Lipinski definition) is 1. The minimum atomic E-state index is -0.858. The van der Waals surface area contributed by atoms with E-state index in [-0.39, 0.29) is 0 Å². The van der Waals surface area contributed by atoms with Gasteiger partial charge in [0.2, 0.25) is 0 Å². The molecule has 0 atom stereocenters. The van der Waals surface area contributed by atoms with Crippen LogP contribution in [0.1, 0.15) is 40.0 Å². The summed E-state index contributed by atoms with van der Waals surface area (Å²) in [6.07, 6.45) is 9.08. The Morgan fingerprint density at radius 2 is 1.67 bits per heavy atom. The maximum absolute atomic E-state index is 6.12. The summed E-state index contributed by atoms with van der Waals surface area (Å²) in [5.74, 6) is 0. The number of hydrogen-bond donors (Lipinski definition) is 0. The van der Waals surface area contributed by atoms with Gasteiger partial charge in [0.15, 0.2) is 0 Å². The third-order valence-corrected chi connectivity index (χ3v) is 6.61. The Hall–Kier alpha value is 0.310. The Morgan fingerprint density at radius 1 is 1.17 bits per heavy atom. The summed E-state index contributed by atoms with van der Waals surface area (Å²) in [5.41, 5.74) is 0. The van der Waals surface area contributed by atoms with Crippen LogP contribution in [0.4, 0.5) is 0 Å². The second-order valence-electron chi connectivity index (χ2n) is 4.99. The normalized spacial score (nSPS) is 22.1. The van der Waals surface area contributed by atoms with Gasteiger partial charge in [0.05, 0.1) is 6.10 Å². The molecule has 0 aromatic heterocycles. The highest BCUT2D eigenvalue weighted by atomic mass is 32.3. The van der Waals surface area contributed by atoms with Crippen LogP contribution in [-0.2, 0) is 4.18 Å². The van der Waals surface area contributed by atoms with Crippen LogP contribution < -0.4 is 0 Å². The molecule has 1 rings (SSSR count). The molecule has 0 bridgehead atoms. The molecule has 0 spiro atoms. The molecule has 1 aliphatic carbocycles. The molecule has 0 heterocycles. The van der Waals surface area contributed by atoms with Crippen LogP contribution >= 0.6 is 10.3 Å². The summed E-state index contributed by atoms with van der Waals surface area (Å²) in [5, 5.41) is 0. The summed E-state index contributed by atoms with van der Waals surface area (Å²) in [6, 6.07) is 0. The quantitative estimate of drug-likeness (QED) is 0.649. The van der Waals surface area contributed by atoms with Crippen LogP contribution in [0.5, 0.6) is 0 Å². The first kappa shape index (κ1) is 10.4. The van der Waals surface area contributed by atoms with Crippen molar-refractivity contribution < 1.29 is 4.18 Å². The fraction of sp³-hybridized carbons (Fsp3) is 1.00. The van der Waals surface area contributed by atoms with E-state index >= 15 is 0 Å². The van der Waals surface area contributed by atoms with Gasteiger partial charge in [0.25, 0.3) is 0 Å². The van der Waals surface area contributed by atoms with Crippen molar-refractivity contribution in [3.63, 3.8) is 0 Å². The van der Waals surface area contributed by atoms with Crippen LogP contribution in [0.25, 0.3) is 0 Å². The van der Waals surface area contributed by atoms with Crippen molar-refractivity contribution in [2.75, 3.05) is 12.5 Å². The molecule has 0 saturated heterocycles. The van der Waals surface area contributed by atoms with Crippen molar-refractivity contribution in [2.24, 2.45) is 0 Å². The molecule has 0 amide bonds. The van der Waals surface area contributed by atoms with E-state index in [1.165, 1.54) is 19.3 Å². The topological polar surface area (TPSA) is 9.23 Å². The zero-order valence-corrected chi connectivity index (χ0v) is 9.83. The second kappa shape index (κ2) is 3.22. The highest BCUT2D eigenvalue weighted by Gasteiger charge is 2.33. The average Bonchev–Trinajstić information content (AvgIpc) is 1.76. The maximum Gasteiger partial charge on any atom is 0.0701 e. The first-order valence-electron chi connectivity index (χ1n) is 4.74. The van der Waals surface area contributed by atoms with Crippen LogP contribution in [-0.4, -0.2) is 23.4 Å². The van der Waals surface area contributed by atoms with Crippen LogP contribution in [0.15, 0.2) is 0 Å². The lowest BCUT2D eigenvalue weighted by atomic mass is 9.97. The molecule has 0 aliphatic heterocycles. The monoisotopic (exact) mass is 190 g/mol. The smallest absolute Gasteiger partial charge is 0.0701 e. The fourth-order valence-corrected chi connectivity index (χ4v) is 2.11. The van der Waals surface area contributed by atoms with Gasteiger partial charge in [-0.3, -0.25) is 0 Å². The molecule has 1 nitrogen and oxygen atoms in total. The fourth-order valence-electron chi connectivity index (χ4n) is 0.952. The Kier molecular flexibility index (Phi) is 2.79. The largest absolute Gasteiger partial charge is 0.333 e. The van der Waals surface area contributed by atoms with E-state index in [1.54, 1.807) is 0 Å². The molecule has 0 aromatic carbocycles. The van der Waals surface area contributed by atoms with Crippen molar-refractivity contribution in [3.05, 3.63) is 0 Å². The molecule has 2 heteroatoms. The van der Waals surface area contributed by atoms with Crippen molar-refractivity contribution in [3.8, 4) is 0 Å². The minimum absolute atomic E-state index is 0.322. The molecule has 0 aromatic rings. The Balaban J connectivity index is 2.46. The molecule has 1 aliphatic rings. The SMILES string of the molecule is CC(C)(C)S(C)(C)OC1CCC1. The highest BCUT2D eigenvalue weighted by molar-refractivity contribution is 8.29. The van der Waals surface area contributed by atoms with Crippen LogP contribution in [0.2, 0.25) is 0 Å². The van der Waals surface area contributed by atoms with Gasteiger partial charge in [0.1, 0.15) is 0 Å². The van der Waals surface area contributed by atoms with Crippen LogP contribution in [0.3, 0.4) is 0 Å². The van der Waals surface area contributed by atoms with E-state index in [4.69, 9.17) is 4.18 Å². The van der Waals surface area contributed by atoms with E-state index in [2.05, 4.69) is 33.3 Å². The van der Waals surface area contributed by atoms with E-state index in [9.17, 15) is 0 Å². The molecule has 1 fully saturated rings. The van der Waals surface area contributed by atoms with Gasteiger partial charge in [-0.25, -0.2) is 0 Å². The highest BCUT2D eigenvalue weighted by Crippen LogP contribution is 2.56. The van der Waals surface area contributed by atoms with Crippen molar-refractivity contribution in [1.82, 2.24) is 0 Å². The van der Waals surface area contributed by atoms with Crippen molar-refractivity contribution >= 4 is 10.3 Å². The zero-order valence-electron chi connectivity index (χ0n) is 9.02. The molecular weight excluding hydrogens is 168 g/mol.